The van der Waals surface area contributed by atoms with Crippen molar-refractivity contribution in [3.05, 3.63) is 0 Å². The highest BCUT2D eigenvalue weighted by molar-refractivity contribution is 5.66. The molecule has 0 saturated carbocycles. The van der Waals surface area contributed by atoms with Gasteiger partial charge in [0.25, 0.3) is 0 Å². The van der Waals surface area contributed by atoms with Gasteiger partial charge in [-0.3, -0.25) is 4.79 Å². The van der Waals surface area contributed by atoms with E-state index < -0.39 is 24.5 Å². The number of esters is 1. The largest absolute Gasteiger partial charge is 0.436 e. The SMILES string of the molecule is CC(=O)OC1CC(O)C(C)C(CO)O1. The minimum Gasteiger partial charge on any atom is -0.436 e. The molecule has 1 aliphatic heterocycles. The van der Waals surface area contributed by atoms with Crippen LogP contribution in [0.5, 0.6) is 0 Å². The van der Waals surface area contributed by atoms with Crippen molar-refractivity contribution in [2.45, 2.75) is 38.8 Å². The Labute approximate surface area is 82.6 Å². The molecule has 0 bridgehead atoms. The van der Waals surface area contributed by atoms with Crippen LogP contribution in [-0.4, -0.2) is 41.3 Å². The van der Waals surface area contributed by atoms with Gasteiger partial charge in [0.2, 0.25) is 6.29 Å². The second kappa shape index (κ2) is 4.72. The predicted molar refractivity (Wildman–Crippen MR) is 47.3 cm³/mol. The smallest absolute Gasteiger partial charge is 0.304 e. The Hall–Kier alpha value is -0.650. The summed E-state index contributed by atoms with van der Waals surface area (Å²) >= 11 is 0. The van der Waals surface area contributed by atoms with E-state index in [2.05, 4.69) is 0 Å². The van der Waals surface area contributed by atoms with Crippen LogP contribution in [0.25, 0.3) is 0 Å². The highest BCUT2D eigenvalue weighted by Crippen LogP contribution is 2.25. The maximum Gasteiger partial charge on any atom is 0.304 e. The first-order chi connectivity index (χ1) is 6.54. The normalized spacial score (nSPS) is 38.0. The van der Waals surface area contributed by atoms with Gasteiger partial charge in [0.1, 0.15) is 0 Å². The molecular weight excluding hydrogens is 188 g/mol. The zero-order valence-electron chi connectivity index (χ0n) is 8.34. The van der Waals surface area contributed by atoms with Gasteiger partial charge < -0.3 is 19.7 Å². The van der Waals surface area contributed by atoms with Gasteiger partial charge in [-0.1, -0.05) is 6.92 Å². The molecule has 4 unspecified atom stereocenters. The average molecular weight is 204 g/mol. The molecule has 1 heterocycles. The minimum atomic E-state index is -0.740. The number of carbonyl (C=O) groups excluding carboxylic acids is 1. The van der Waals surface area contributed by atoms with Crippen molar-refractivity contribution in [2.75, 3.05) is 6.61 Å². The lowest BCUT2D eigenvalue weighted by Gasteiger charge is -2.36. The van der Waals surface area contributed by atoms with Crippen LogP contribution in [0.4, 0.5) is 0 Å². The Kier molecular flexibility index (Phi) is 3.86. The molecule has 2 N–H and O–H groups in total. The lowest BCUT2D eigenvalue weighted by molar-refractivity contribution is -0.234. The van der Waals surface area contributed by atoms with Crippen LogP contribution in [0.2, 0.25) is 0 Å². The Morgan fingerprint density at radius 3 is 2.79 bits per heavy atom. The van der Waals surface area contributed by atoms with Gasteiger partial charge in [0, 0.05) is 19.3 Å². The molecule has 0 aliphatic carbocycles. The van der Waals surface area contributed by atoms with Gasteiger partial charge in [0.05, 0.1) is 18.8 Å². The number of ether oxygens (including phenoxy) is 2. The van der Waals surface area contributed by atoms with Crippen molar-refractivity contribution >= 4 is 5.97 Å². The molecule has 0 aromatic carbocycles. The van der Waals surface area contributed by atoms with Gasteiger partial charge in [-0.2, -0.15) is 0 Å². The number of hydrogen-bond donors (Lipinski definition) is 2. The van der Waals surface area contributed by atoms with E-state index in [0.717, 1.165) is 0 Å². The maximum absolute atomic E-state index is 10.6. The molecule has 4 atom stereocenters. The molecule has 14 heavy (non-hydrogen) atoms. The van der Waals surface area contributed by atoms with E-state index in [-0.39, 0.29) is 18.9 Å². The molecule has 0 radical (unpaired) electrons. The summed E-state index contributed by atoms with van der Waals surface area (Å²) in [6.45, 7) is 2.88. The summed E-state index contributed by atoms with van der Waals surface area (Å²) < 4.78 is 10.1. The van der Waals surface area contributed by atoms with Crippen molar-refractivity contribution < 1.29 is 24.5 Å². The predicted octanol–water partition coefficient (Wildman–Crippen LogP) is -0.346. The lowest BCUT2D eigenvalue weighted by Crippen LogP contribution is -2.45. The van der Waals surface area contributed by atoms with Gasteiger partial charge in [-0.25, -0.2) is 0 Å². The number of hydrogen-bond acceptors (Lipinski definition) is 5. The number of aliphatic hydroxyl groups excluding tert-OH is 2. The second-order valence-electron chi connectivity index (χ2n) is 3.56. The summed E-state index contributed by atoms with van der Waals surface area (Å²) in [7, 11) is 0. The molecule has 0 amide bonds. The van der Waals surface area contributed by atoms with E-state index in [1.165, 1.54) is 6.92 Å². The topological polar surface area (TPSA) is 76.0 Å². The molecular formula is C9H16O5. The van der Waals surface area contributed by atoms with Crippen LogP contribution in [0.15, 0.2) is 0 Å². The fourth-order valence-corrected chi connectivity index (χ4v) is 1.50. The quantitative estimate of drug-likeness (QED) is 0.601. The van der Waals surface area contributed by atoms with E-state index in [9.17, 15) is 9.90 Å². The number of aliphatic hydroxyl groups is 2. The number of carbonyl (C=O) groups is 1. The van der Waals surface area contributed by atoms with E-state index in [0.29, 0.717) is 0 Å². The highest BCUT2D eigenvalue weighted by atomic mass is 16.7. The molecule has 0 aromatic heterocycles. The fourth-order valence-electron chi connectivity index (χ4n) is 1.50. The van der Waals surface area contributed by atoms with Crippen LogP contribution < -0.4 is 0 Å². The zero-order valence-corrected chi connectivity index (χ0v) is 8.34. The fraction of sp³-hybridized carbons (Fsp3) is 0.889. The zero-order chi connectivity index (χ0) is 10.7. The number of rotatable bonds is 2. The molecule has 82 valence electrons. The first kappa shape index (κ1) is 11.4. The molecule has 0 aromatic rings. The van der Waals surface area contributed by atoms with Gasteiger partial charge >= 0.3 is 5.97 Å². The average Bonchev–Trinajstić information content (AvgIpc) is 2.10. The molecule has 1 aliphatic rings. The van der Waals surface area contributed by atoms with Crippen molar-refractivity contribution in [1.29, 1.82) is 0 Å². The summed E-state index contributed by atoms with van der Waals surface area (Å²) in [5, 5.41) is 18.5. The van der Waals surface area contributed by atoms with E-state index >= 15 is 0 Å². The molecule has 1 fully saturated rings. The van der Waals surface area contributed by atoms with E-state index in [4.69, 9.17) is 14.6 Å². The van der Waals surface area contributed by atoms with Crippen molar-refractivity contribution in [3.63, 3.8) is 0 Å². The Morgan fingerprint density at radius 1 is 1.64 bits per heavy atom. The van der Waals surface area contributed by atoms with Crippen molar-refractivity contribution in [2.24, 2.45) is 5.92 Å². The summed E-state index contributed by atoms with van der Waals surface area (Å²) in [6.07, 6.45) is -1.55. The first-order valence-electron chi connectivity index (χ1n) is 4.66. The highest BCUT2D eigenvalue weighted by Gasteiger charge is 2.35. The van der Waals surface area contributed by atoms with E-state index in [1.807, 2.05) is 0 Å². The summed E-state index contributed by atoms with van der Waals surface area (Å²) in [5.74, 6) is -0.597. The first-order valence-corrected chi connectivity index (χ1v) is 4.66. The van der Waals surface area contributed by atoms with Crippen LogP contribution in [0, 0.1) is 5.92 Å². The second-order valence-corrected chi connectivity index (χ2v) is 3.56. The van der Waals surface area contributed by atoms with Crippen molar-refractivity contribution in [3.8, 4) is 0 Å². The summed E-state index contributed by atoms with van der Waals surface area (Å²) in [4.78, 5) is 10.6. The van der Waals surface area contributed by atoms with Gasteiger partial charge in [-0.15, -0.1) is 0 Å². The molecule has 1 rings (SSSR count). The lowest BCUT2D eigenvalue weighted by atomic mass is 9.93. The van der Waals surface area contributed by atoms with Crippen LogP contribution in [-0.2, 0) is 14.3 Å². The standard InChI is InChI=1S/C9H16O5/c1-5-7(12)3-9(13-6(2)11)14-8(5)4-10/h5,7-10,12H,3-4H2,1-2H3. The van der Waals surface area contributed by atoms with Crippen LogP contribution in [0.3, 0.4) is 0 Å². The third-order valence-corrected chi connectivity index (χ3v) is 2.43. The summed E-state index contributed by atoms with van der Waals surface area (Å²) in [5.41, 5.74) is 0. The summed E-state index contributed by atoms with van der Waals surface area (Å²) in [6, 6.07) is 0. The van der Waals surface area contributed by atoms with Crippen molar-refractivity contribution in [1.82, 2.24) is 0 Å². The third-order valence-electron chi connectivity index (χ3n) is 2.43. The van der Waals surface area contributed by atoms with Gasteiger partial charge in [0.15, 0.2) is 0 Å². The maximum atomic E-state index is 10.6. The minimum absolute atomic E-state index is 0.146. The Bertz CT molecular complexity index is 205. The molecule has 0 spiro atoms. The Morgan fingerprint density at radius 2 is 2.29 bits per heavy atom. The molecule has 5 nitrogen and oxygen atoms in total. The van der Waals surface area contributed by atoms with Crippen LogP contribution in [0.1, 0.15) is 20.3 Å². The Balaban J connectivity index is 2.53. The molecule has 5 heteroatoms. The monoisotopic (exact) mass is 204 g/mol. The molecule has 1 saturated heterocycles. The third kappa shape index (κ3) is 2.67. The van der Waals surface area contributed by atoms with Crippen LogP contribution >= 0.6 is 0 Å². The van der Waals surface area contributed by atoms with E-state index in [1.54, 1.807) is 6.92 Å². The van der Waals surface area contributed by atoms with Gasteiger partial charge in [-0.05, 0) is 0 Å².